The number of nitro benzene ring substituents is 2. The first-order valence-electron chi connectivity index (χ1n) is 8.89. The summed E-state index contributed by atoms with van der Waals surface area (Å²) in [4.78, 5) is 45.7. The molecular weight excluding hydrogens is 398 g/mol. The molecular formula is C19H17N3O8. The Bertz CT molecular complexity index is 1020. The number of benzene rings is 2. The number of likely N-dealkylation sites (tertiary alicyclic amines) is 1. The molecule has 0 aliphatic carbocycles. The van der Waals surface area contributed by atoms with Crippen molar-refractivity contribution in [3.63, 3.8) is 0 Å². The van der Waals surface area contributed by atoms with E-state index in [0.29, 0.717) is 24.3 Å². The molecule has 1 aliphatic heterocycles. The quantitative estimate of drug-likeness (QED) is 0.558. The van der Waals surface area contributed by atoms with Crippen molar-refractivity contribution >= 4 is 23.3 Å². The standard InChI is InChI=1S/C19H17N3O8/c1-11-6-15(2-3-17(11)19(24)25)30-16-4-5-20(10-16)18(23)12-7-13(21(26)27)9-14(8-12)22(28)29/h2-3,6-9,16H,4-5,10H2,1H3,(H,24,25)/t16-/m1/s1. The smallest absolute Gasteiger partial charge is 0.335 e. The zero-order chi connectivity index (χ0) is 22.0. The molecule has 0 spiro atoms. The fourth-order valence-electron chi connectivity index (χ4n) is 3.26. The van der Waals surface area contributed by atoms with Gasteiger partial charge >= 0.3 is 5.97 Å². The molecule has 0 bridgehead atoms. The number of ether oxygens (including phenoxy) is 1. The van der Waals surface area contributed by atoms with Crippen molar-refractivity contribution in [3.8, 4) is 5.75 Å². The van der Waals surface area contributed by atoms with Crippen LogP contribution in [0, 0.1) is 27.2 Å². The van der Waals surface area contributed by atoms with Gasteiger partial charge in [-0.3, -0.25) is 25.0 Å². The summed E-state index contributed by atoms with van der Waals surface area (Å²) in [7, 11) is 0. The summed E-state index contributed by atoms with van der Waals surface area (Å²) < 4.78 is 5.83. The number of carboxylic acid groups (broad SMARTS) is 1. The molecule has 2 aromatic rings. The Kier molecular flexibility index (Phi) is 5.63. The van der Waals surface area contributed by atoms with E-state index in [-0.39, 0.29) is 23.8 Å². The first-order chi connectivity index (χ1) is 14.2. The molecule has 11 nitrogen and oxygen atoms in total. The SMILES string of the molecule is Cc1cc(O[C@@H]2CCN(C(=O)c3cc([N+](=O)[O-])cc([N+](=O)[O-])c3)C2)ccc1C(=O)O. The zero-order valence-corrected chi connectivity index (χ0v) is 15.8. The van der Waals surface area contributed by atoms with E-state index >= 15 is 0 Å². The van der Waals surface area contributed by atoms with Crippen LogP contribution in [0.3, 0.4) is 0 Å². The number of carbonyl (C=O) groups is 2. The van der Waals surface area contributed by atoms with Crippen molar-refractivity contribution in [2.75, 3.05) is 13.1 Å². The highest BCUT2D eigenvalue weighted by Gasteiger charge is 2.30. The lowest BCUT2D eigenvalue weighted by Gasteiger charge is -2.17. The van der Waals surface area contributed by atoms with Gasteiger partial charge in [0.25, 0.3) is 17.3 Å². The summed E-state index contributed by atoms with van der Waals surface area (Å²) in [6.07, 6.45) is 0.125. The lowest BCUT2D eigenvalue weighted by atomic mass is 10.1. The van der Waals surface area contributed by atoms with E-state index in [9.17, 15) is 29.8 Å². The third kappa shape index (κ3) is 4.35. The molecule has 0 radical (unpaired) electrons. The fraction of sp³-hybridized carbons (Fsp3) is 0.263. The van der Waals surface area contributed by atoms with E-state index in [2.05, 4.69) is 0 Å². The average Bonchev–Trinajstić information content (AvgIpc) is 3.15. The molecule has 30 heavy (non-hydrogen) atoms. The molecule has 3 rings (SSSR count). The van der Waals surface area contributed by atoms with Crippen LogP contribution in [-0.4, -0.2) is 50.9 Å². The Morgan fingerprint density at radius 2 is 1.73 bits per heavy atom. The number of aryl methyl sites for hydroxylation is 1. The minimum atomic E-state index is -1.04. The summed E-state index contributed by atoms with van der Waals surface area (Å²) >= 11 is 0. The van der Waals surface area contributed by atoms with Crippen LogP contribution in [0.15, 0.2) is 36.4 Å². The minimum absolute atomic E-state index is 0.141. The molecule has 0 unspecified atom stereocenters. The number of rotatable bonds is 6. The van der Waals surface area contributed by atoms with Crippen molar-refractivity contribution in [2.24, 2.45) is 0 Å². The van der Waals surface area contributed by atoms with Gasteiger partial charge in [0, 0.05) is 25.1 Å². The molecule has 1 amide bonds. The number of non-ortho nitro benzene ring substituents is 2. The molecule has 11 heteroatoms. The predicted molar refractivity (Wildman–Crippen MR) is 103 cm³/mol. The van der Waals surface area contributed by atoms with Crippen molar-refractivity contribution < 1.29 is 29.3 Å². The van der Waals surface area contributed by atoms with E-state index in [1.807, 2.05) is 0 Å². The summed E-state index contributed by atoms with van der Waals surface area (Å²) in [5.41, 5.74) is -0.507. The zero-order valence-electron chi connectivity index (χ0n) is 15.8. The van der Waals surface area contributed by atoms with Gasteiger partial charge in [-0.1, -0.05) is 0 Å². The van der Waals surface area contributed by atoms with Crippen LogP contribution >= 0.6 is 0 Å². The van der Waals surface area contributed by atoms with Gasteiger partial charge in [0.1, 0.15) is 11.9 Å². The van der Waals surface area contributed by atoms with Crippen molar-refractivity contribution in [2.45, 2.75) is 19.4 Å². The number of nitro groups is 2. The van der Waals surface area contributed by atoms with E-state index in [1.54, 1.807) is 13.0 Å². The van der Waals surface area contributed by atoms with Crippen molar-refractivity contribution in [3.05, 3.63) is 73.3 Å². The van der Waals surface area contributed by atoms with E-state index in [1.165, 1.54) is 17.0 Å². The molecule has 1 heterocycles. The van der Waals surface area contributed by atoms with E-state index < -0.39 is 33.1 Å². The maximum atomic E-state index is 12.7. The summed E-state index contributed by atoms with van der Waals surface area (Å²) in [5, 5.41) is 31.1. The second-order valence-corrected chi connectivity index (χ2v) is 6.81. The predicted octanol–water partition coefficient (Wildman–Crippen LogP) is 2.80. The van der Waals surface area contributed by atoms with Crippen LogP contribution in [0.4, 0.5) is 11.4 Å². The number of amides is 1. The van der Waals surface area contributed by atoms with Gasteiger partial charge < -0.3 is 14.7 Å². The third-order valence-corrected chi connectivity index (χ3v) is 4.73. The number of hydrogen-bond acceptors (Lipinski definition) is 7. The topological polar surface area (TPSA) is 153 Å². The lowest BCUT2D eigenvalue weighted by Crippen LogP contribution is -2.31. The summed E-state index contributed by atoms with van der Waals surface area (Å²) in [5.74, 6) is -1.14. The van der Waals surface area contributed by atoms with Gasteiger partial charge in [-0.25, -0.2) is 4.79 Å². The molecule has 0 saturated carbocycles. The highest BCUT2D eigenvalue weighted by molar-refractivity contribution is 5.95. The average molecular weight is 415 g/mol. The number of carbonyl (C=O) groups excluding carboxylic acids is 1. The van der Waals surface area contributed by atoms with Crippen LogP contribution in [0.1, 0.15) is 32.7 Å². The normalized spacial score (nSPS) is 15.6. The van der Waals surface area contributed by atoms with Crippen LogP contribution in [-0.2, 0) is 0 Å². The minimum Gasteiger partial charge on any atom is -0.489 e. The molecule has 1 N–H and O–H groups in total. The van der Waals surface area contributed by atoms with Gasteiger partial charge in [-0.15, -0.1) is 0 Å². The fourth-order valence-corrected chi connectivity index (χ4v) is 3.26. The van der Waals surface area contributed by atoms with Crippen LogP contribution in [0.5, 0.6) is 5.75 Å². The Labute approximate surface area is 169 Å². The Balaban J connectivity index is 1.73. The molecule has 1 atom stereocenters. The van der Waals surface area contributed by atoms with Gasteiger partial charge in [0.2, 0.25) is 0 Å². The first-order valence-corrected chi connectivity index (χ1v) is 8.89. The number of carboxylic acids is 1. The molecule has 1 fully saturated rings. The van der Waals surface area contributed by atoms with Gasteiger partial charge in [-0.05, 0) is 30.7 Å². The highest BCUT2D eigenvalue weighted by Crippen LogP contribution is 2.26. The van der Waals surface area contributed by atoms with Crippen LogP contribution in [0.2, 0.25) is 0 Å². The maximum absolute atomic E-state index is 12.7. The van der Waals surface area contributed by atoms with Crippen molar-refractivity contribution in [1.82, 2.24) is 4.90 Å². The van der Waals surface area contributed by atoms with Crippen LogP contribution in [0.25, 0.3) is 0 Å². The highest BCUT2D eigenvalue weighted by atomic mass is 16.6. The van der Waals surface area contributed by atoms with Gasteiger partial charge in [0.15, 0.2) is 0 Å². The molecule has 0 aromatic heterocycles. The number of hydrogen-bond donors (Lipinski definition) is 1. The lowest BCUT2D eigenvalue weighted by molar-refractivity contribution is -0.394. The number of nitrogens with zero attached hydrogens (tertiary/aromatic N) is 3. The Morgan fingerprint density at radius 3 is 2.27 bits per heavy atom. The Morgan fingerprint density at radius 1 is 1.10 bits per heavy atom. The summed E-state index contributed by atoms with van der Waals surface area (Å²) in [6, 6.07) is 7.39. The van der Waals surface area contributed by atoms with Gasteiger partial charge in [-0.2, -0.15) is 0 Å². The van der Waals surface area contributed by atoms with Crippen LogP contribution < -0.4 is 4.74 Å². The first kappa shape index (κ1) is 20.7. The van der Waals surface area contributed by atoms with Gasteiger partial charge in [0.05, 0.1) is 33.6 Å². The second kappa shape index (κ2) is 8.15. The molecule has 1 saturated heterocycles. The van der Waals surface area contributed by atoms with Crippen molar-refractivity contribution in [1.29, 1.82) is 0 Å². The van der Waals surface area contributed by atoms with E-state index in [0.717, 1.165) is 18.2 Å². The van der Waals surface area contributed by atoms with E-state index in [4.69, 9.17) is 9.84 Å². The second-order valence-electron chi connectivity index (χ2n) is 6.81. The largest absolute Gasteiger partial charge is 0.489 e. The third-order valence-electron chi connectivity index (χ3n) is 4.73. The molecule has 2 aromatic carbocycles. The Hall–Kier alpha value is -4.02. The molecule has 156 valence electrons. The summed E-state index contributed by atoms with van der Waals surface area (Å²) in [6.45, 7) is 2.15. The molecule has 1 aliphatic rings. The monoisotopic (exact) mass is 415 g/mol. The number of aromatic carboxylic acids is 1. The maximum Gasteiger partial charge on any atom is 0.335 e.